The topological polar surface area (TPSA) is 84.3 Å². The van der Waals surface area contributed by atoms with Gasteiger partial charge in [-0.25, -0.2) is 0 Å². The number of nitrogens with one attached hydrogen (secondary N) is 2. The highest BCUT2D eigenvalue weighted by molar-refractivity contribution is 7.80. The van der Waals surface area contributed by atoms with E-state index in [1.807, 2.05) is 24.3 Å². The molecule has 0 saturated heterocycles. The molecule has 1 heterocycles. The minimum atomic E-state index is -0.511. The summed E-state index contributed by atoms with van der Waals surface area (Å²) in [5.74, 6) is -0.469. The summed E-state index contributed by atoms with van der Waals surface area (Å²) >= 11 is 12.6. The molecule has 0 atom stereocenters. The lowest BCUT2D eigenvalue weighted by Gasteiger charge is -2.10. The lowest BCUT2D eigenvalue weighted by Crippen LogP contribution is -2.34. The molecule has 0 fully saturated rings. The molecule has 1 aromatic heterocycles. The van der Waals surface area contributed by atoms with Crippen molar-refractivity contribution in [2.45, 2.75) is 6.92 Å². The number of nitrogens with zero attached hydrogens (tertiary/aromatic N) is 1. The Hall–Kier alpha value is -2.55. The number of anilines is 1. The van der Waals surface area contributed by atoms with Crippen LogP contribution in [0.15, 0.2) is 42.5 Å². The molecule has 132 valence electrons. The van der Waals surface area contributed by atoms with Crippen LogP contribution < -0.4 is 10.6 Å². The van der Waals surface area contributed by atoms with Crippen molar-refractivity contribution < 1.29 is 9.72 Å². The SMILES string of the molecule is Cc1ccc(NC(=S)NC(=O)c2sc3ccccc3c2Cl)c([N+](=O)[O-])c1. The lowest BCUT2D eigenvalue weighted by atomic mass is 10.2. The number of thiocarbonyl (C=S) groups is 1. The molecule has 0 aliphatic carbocycles. The fraction of sp³-hybridized carbons (Fsp3) is 0.0588. The number of nitro groups is 1. The number of carbonyl (C=O) groups excluding carboxylic acids is 1. The number of rotatable bonds is 3. The quantitative estimate of drug-likeness (QED) is 0.368. The zero-order valence-corrected chi connectivity index (χ0v) is 15.8. The van der Waals surface area contributed by atoms with Crippen LogP contribution in [0.5, 0.6) is 0 Å². The first-order valence-electron chi connectivity index (χ1n) is 7.41. The van der Waals surface area contributed by atoms with Crippen LogP contribution in [0.4, 0.5) is 11.4 Å². The van der Waals surface area contributed by atoms with E-state index < -0.39 is 10.8 Å². The number of amides is 1. The monoisotopic (exact) mass is 405 g/mol. The zero-order valence-electron chi connectivity index (χ0n) is 13.4. The minimum absolute atomic E-state index is 0.0459. The summed E-state index contributed by atoms with van der Waals surface area (Å²) < 4.78 is 0.885. The molecule has 26 heavy (non-hydrogen) atoms. The molecule has 0 unspecified atom stereocenters. The number of carbonyl (C=O) groups is 1. The second-order valence-electron chi connectivity index (χ2n) is 5.43. The molecule has 3 aromatic rings. The minimum Gasteiger partial charge on any atom is -0.327 e. The van der Waals surface area contributed by atoms with E-state index in [2.05, 4.69) is 10.6 Å². The highest BCUT2D eigenvalue weighted by atomic mass is 35.5. The van der Waals surface area contributed by atoms with Gasteiger partial charge in [-0.2, -0.15) is 0 Å². The van der Waals surface area contributed by atoms with E-state index in [0.717, 1.165) is 15.6 Å². The third kappa shape index (κ3) is 3.67. The van der Waals surface area contributed by atoms with Gasteiger partial charge in [-0.15, -0.1) is 11.3 Å². The largest absolute Gasteiger partial charge is 0.327 e. The fourth-order valence-electron chi connectivity index (χ4n) is 2.37. The molecule has 0 aliphatic rings. The van der Waals surface area contributed by atoms with Crippen molar-refractivity contribution in [3.05, 3.63) is 68.0 Å². The van der Waals surface area contributed by atoms with Crippen LogP contribution in [0.1, 0.15) is 15.2 Å². The average molecular weight is 406 g/mol. The van der Waals surface area contributed by atoms with Gasteiger partial charge in [0.2, 0.25) is 0 Å². The van der Waals surface area contributed by atoms with Crippen LogP contribution in [0, 0.1) is 17.0 Å². The van der Waals surface area contributed by atoms with Crippen LogP contribution >= 0.6 is 35.2 Å². The Labute approximate surface area is 162 Å². The van der Waals surface area contributed by atoms with Gasteiger partial charge in [0.15, 0.2) is 5.11 Å². The third-order valence-electron chi connectivity index (χ3n) is 3.57. The van der Waals surface area contributed by atoms with Gasteiger partial charge < -0.3 is 5.32 Å². The predicted octanol–water partition coefficient (Wildman–Crippen LogP) is 4.90. The first kappa shape index (κ1) is 18.2. The number of benzene rings is 2. The number of hydrogen-bond acceptors (Lipinski definition) is 5. The van der Waals surface area contributed by atoms with Crippen LogP contribution in [0.25, 0.3) is 10.1 Å². The number of halogens is 1. The third-order valence-corrected chi connectivity index (χ3v) is 5.44. The maximum atomic E-state index is 12.5. The molecular formula is C17H12ClN3O3S2. The smallest absolute Gasteiger partial charge is 0.292 e. The summed E-state index contributed by atoms with van der Waals surface area (Å²) in [7, 11) is 0. The number of aryl methyl sites for hydroxylation is 1. The Morgan fingerprint density at radius 2 is 2.00 bits per heavy atom. The van der Waals surface area contributed by atoms with Gasteiger partial charge in [0.05, 0.1) is 9.95 Å². The first-order chi connectivity index (χ1) is 12.4. The van der Waals surface area contributed by atoms with E-state index in [9.17, 15) is 14.9 Å². The van der Waals surface area contributed by atoms with E-state index >= 15 is 0 Å². The summed E-state index contributed by atoms with van der Waals surface area (Å²) in [5.41, 5.74) is 0.823. The Morgan fingerprint density at radius 3 is 2.69 bits per heavy atom. The summed E-state index contributed by atoms with van der Waals surface area (Å²) in [6.45, 7) is 1.75. The van der Waals surface area contributed by atoms with E-state index in [-0.39, 0.29) is 16.5 Å². The molecule has 0 bridgehead atoms. The zero-order chi connectivity index (χ0) is 18.8. The second-order valence-corrected chi connectivity index (χ2v) is 7.27. The fourth-order valence-corrected chi connectivity index (χ4v) is 3.99. The molecule has 0 spiro atoms. The standard InChI is InChI=1S/C17H12ClN3O3S2/c1-9-6-7-11(12(8-9)21(23)24)19-17(25)20-16(22)15-14(18)10-4-2-3-5-13(10)26-15/h2-8H,1H3,(H2,19,20,22,25). The highest BCUT2D eigenvalue weighted by Gasteiger charge is 2.19. The summed E-state index contributed by atoms with van der Waals surface area (Å²) in [6, 6.07) is 12.1. The van der Waals surface area contributed by atoms with Gasteiger partial charge >= 0.3 is 0 Å². The van der Waals surface area contributed by atoms with E-state index in [1.165, 1.54) is 17.4 Å². The van der Waals surface area contributed by atoms with Crippen molar-refractivity contribution in [1.82, 2.24) is 5.32 Å². The van der Waals surface area contributed by atoms with Gasteiger partial charge in [0, 0.05) is 16.2 Å². The maximum absolute atomic E-state index is 12.5. The highest BCUT2D eigenvalue weighted by Crippen LogP contribution is 2.35. The molecule has 6 nitrogen and oxygen atoms in total. The molecule has 2 aromatic carbocycles. The Kier molecular flexibility index (Phi) is 5.17. The van der Waals surface area contributed by atoms with Gasteiger partial charge in [0.1, 0.15) is 10.6 Å². The van der Waals surface area contributed by atoms with Crippen LogP contribution in [-0.4, -0.2) is 15.9 Å². The van der Waals surface area contributed by atoms with Crippen molar-refractivity contribution in [1.29, 1.82) is 0 Å². The first-order valence-corrected chi connectivity index (χ1v) is 9.01. The molecule has 2 N–H and O–H groups in total. The molecule has 3 rings (SSSR count). The molecule has 9 heteroatoms. The lowest BCUT2D eigenvalue weighted by molar-refractivity contribution is -0.383. The Bertz CT molecular complexity index is 1050. The van der Waals surface area contributed by atoms with Crippen LogP contribution in [0.2, 0.25) is 5.02 Å². The van der Waals surface area contributed by atoms with Crippen molar-refractivity contribution >= 4 is 67.6 Å². The average Bonchev–Trinajstić information content (AvgIpc) is 2.93. The summed E-state index contributed by atoms with van der Waals surface area (Å²) in [5, 5.41) is 17.5. The summed E-state index contributed by atoms with van der Waals surface area (Å²) in [6.07, 6.45) is 0. The number of hydrogen-bond donors (Lipinski definition) is 2. The van der Waals surface area contributed by atoms with Crippen LogP contribution in [0.3, 0.4) is 0 Å². The molecular weight excluding hydrogens is 394 g/mol. The van der Waals surface area contributed by atoms with Gasteiger partial charge in [0.25, 0.3) is 11.6 Å². The Morgan fingerprint density at radius 1 is 1.27 bits per heavy atom. The summed E-state index contributed by atoms with van der Waals surface area (Å²) in [4.78, 5) is 23.4. The van der Waals surface area contributed by atoms with E-state index in [1.54, 1.807) is 19.1 Å². The molecule has 0 saturated carbocycles. The Balaban J connectivity index is 1.79. The van der Waals surface area contributed by atoms with Gasteiger partial charge in [-0.05, 0) is 36.8 Å². The molecule has 1 amide bonds. The molecule has 0 radical (unpaired) electrons. The second kappa shape index (κ2) is 7.36. The van der Waals surface area contributed by atoms with Gasteiger partial charge in [-0.3, -0.25) is 20.2 Å². The maximum Gasteiger partial charge on any atom is 0.292 e. The van der Waals surface area contributed by atoms with E-state index in [4.69, 9.17) is 23.8 Å². The van der Waals surface area contributed by atoms with Gasteiger partial charge in [-0.1, -0.05) is 35.9 Å². The normalized spacial score (nSPS) is 10.5. The number of fused-ring (bicyclic) bond motifs is 1. The van der Waals surface area contributed by atoms with Crippen molar-refractivity contribution in [2.75, 3.05) is 5.32 Å². The molecule has 0 aliphatic heterocycles. The van der Waals surface area contributed by atoms with Crippen molar-refractivity contribution in [3.63, 3.8) is 0 Å². The van der Waals surface area contributed by atoms with Crippen molar-refractivity contribution in [3.8, 4) is 0 Å². The van der Waals surface area contributed by atoms with Crippen LogP contribution in [-0.2, 0) is 0 Å². The van der Waals surface area contributed by atoms with Crippen molar-refractivity contribution in [2.24, 2.45) is 0 Å². The predicted molar refractivity (Wildman–Crippen MR) is 108 cm³/mol. The van der Waals surface area contributed by atoms with E-state index in [0.29, 0.717) is 9.90 Å². The number of nitro benzene ring substituents is 1. The number of thiophene rings is 1.